The van der Waals surface area contributed by atoms with Crippen LogP contribution in [0, 0.1) is 0 Å². The van der Waals surface area contributed by atoms with E-state index in [2.05, 4.69) is 4.98 Å². The van der Waals surface area contributed by atoms with Crippen LogP contribution in [0.2, 0.25) is 15.1 Å². The maximum atomic E-state index is 10.7. The number of aliphatic hydroxyl groups is 1. The van der Waals surface area contributed by atoms with Gasteiger partial charge in [-0.3, -0.25) is 0 Å². The van der Waals surface area contributed by atoms with Gasteiger partial charge in [0.2, 0.25) is 0 Å². The summed E-state index contributed by atoms with van der Waals surface area (Å²) in [6.45, 7) is 0. The molecule has 0 saturated heterocycles. The number of aliphatic hydroxyl groups excluding tert-OH is 1. The van der Waals surface area contributed by atoms with Crippen molar-refractivity contribution in [2.75, 3.05) is 0 Å². The number of hydrogen-bond acceptors (Lipinski definition) is 1. The molecule has 3 rings (SSSR count). The molecule has 3 aromatic rings. The molecule has 1 atom stereocenters. The molecule has 0 amide bonds. The molecule has 1 heterocycles. The van der Waals surface area contributed by atoms with Gasteiger partial charge in [0.05, 0.1) is 0 Å². The highest BCUT2D eigenvalue weighted by Crippen LogP contribution is 2.37. The zero-order valence-corrected chi connectivity index (χ0v) is 13.6. The third-order valence-electron chi connectivity index (χ3n) is 3.49. The third-order valence-corrected chi connectivity index (χ3v) is 4.39. The highest BCUT2D eigenvalue weighted by atomic mass is 35.5. The van der Waals surface area contributed by atoms with Crippen LogP contribution in [0.25, 0.3) is 11.1 Å². The van der Waals surface area contributed by atoms with Gasteiger partial charge < -0.3 is 10.1 Å². The Morgan fingerprint density at radius 1 is 0.818 bits per heavy atom. The molecule has 112 valence electrons. The van der Waals surface area contributed by atoms with E-state index >= 15 is 0 Å². The second kappa shape index (κ2) is 6.35. The Labute approximate surface area is 143 Å². The smallest absolute Gasteiger partial charge is 0.108 e. The van der Waals surface area contributed by atoms with Gasteiger partial charge in [-0.05, 0) is 18.2 Å². The molecule has 2 N–H and O–H groups in total. The van der Waals surface area contributed by atoms with Gasteiger partial charge in [-0.1, -0.05) is 59.1 Å². The van der Waals surface area contributed by atoms with E-state index in [9.17, 15) is 5.11 Å². The standard InChI is InChI=1S/C17H12Cl3NO/c18-10-5-6-12(16(20)7-10)17(22)14-9-21-8-13(14)11-3-1-2-4-15(11)19/h1-9,17,21-22H/t17-/m1/s1. The fourth-order valence-corrected chi connectivity index (χ4v) is 3.16. The lowest BCUT2D eigenvalue weighted by atomic mass is 9.96. The van der Waals surface area contributed by atoms with E-state index < -0.39 is 6.10 Å². The van der Waals surface area contributed by atoms with E-state index in [1.807, 2.05) is 30.5 Å². The van der Waals surface area contributed by atoms with Crippen molar-refractivity contribution in [2.45, 2.75) is 6.10 Å². The van der Waals surface area contributed by atoms with Crippen molar-refractivity contribution in [1.29, 1.82) is 0 Å². The minimum atomic E-state index is -0.873. The Balaban J connectivity index is 2.07. The lowest BCUT2D eigenvalue weighted by molar-refractivity contribution is 0.221. The Bertz CT molecular complexity index is 813. The van der Waals surface area contributed by atoms with Crippen LogP contribution < -0.4 is 0 Å². The summed E-state index contributed by atoms with van der Waals surface area (Å²) in [5, 5.41) is 12.3. The van der Waals surface area contributed by atoms with Crippen LogP contribution in [0.15, 0.2) is 54.9 Å². The molecule has 0 aliphatic heterocycles. The third kappa shape index (κ3) is 2.88. The molecule has 0 fully saturated rings. The predicted octanol–water partition coefficient (Wildman–Crippen LogP) is 5.72. The lowest BCUT2D eigenvalue weighted by Gasteiger charge is -2.15. The first-order valence-corrected chi connectivity index (χ1v) is 7.76. The Kier molecular flexibility index (Phi) is 4.46. The summed E-state index contributed by atoms with van der Waals surface area (Å²) >= 11 is 18.3. The van der Waals surface area contributed by atoms with Gasteiger partial charge in [0.15, 0.2) is 0 Å². The summed E-state index contributed by atoms with van der Waals surface area (Å²) in [6, 6.07) is 12.5. The number of benzene rings is 2. The maximum Gasteiger partial charge on any atom is 0.108 e. The van der Waals surface area contributed by atoms with Crippen molar-refractivity contribution in [3.05, 3.63) is 81.1 Å². The summed E-state index contributed by atoms with van der Waals surface area (Å²) in [6.07, 6.45) is 2.68. The zero-order valence-electron chi connectivity index (χ0n) is 11.4. The molecule has 0 saturated carbocycles. The second-order valence-electron chi connectivity index (χ2n) is 4.87. The van der Waals surface area contributed by atoms with Crippen molar-refractivity contribution >= 4 is 34.8 Å². The van der Waals surface area contributed by atoms with Gasteiger partial charge in [-0.15, -0.1) is 0 Å². The van der Waals surface area contributed by atoms with Gasteiger partial charge in [-0.25, -0.2) is 0 Å². The SMILES string of the molecule is O[C@H](c1ccc(Cl)cc1Cl)c1c[nH]cc1-c1ccccc1Cl. The molecule has 0 radical (unpaired) electrons. The van der Waals surface area contributed by atoms with Gasteiger partial charge in [0.1, 0.15) is 6.10 Å². The fourth-order valence-electron chi connectivity index (χ4n) is 2.41. The molecule has 0 aliphatic carbocycles. The lowest BCUT2D eigenvalue weighted by Crippen LogP contribution is -2.01. The number of aromatic nitrogens is 1. The van der Waals surface area contributed by atoms with E-state index in [4.69, 9.17) is 34.8 Å². The average Bonchev–Trinajstić information content (AvgIpc) is 2.96. The molecule has 2 nitrogen and oxygen atoms in total. The summed E-state index contributed by atoms with van der Waals surface area (Å²) in [5.74, 6) is 0. The van der Waals surface area contributed by atoms with Crippen molar-refractivity contribution in [3.8, 4) is 11.1 Å². The Morgan fingerprint density at radius 2 is 1.59 bits per heavy atom. The first-order valence-electron chi connectivity index (χ1n) is 6.62. The summed E-state index contributed by atoms with van der Waals surface area (Å²) < 4.78 is 0. The van der Waals surface area contributed by atoms with E-state index in [0.717, 1.165) is 11.1 Å². The average molecular weight is 353 g/mol. The molecule has 5 heteroatoms. The number of hydrogen-bond donors (Lipinski definition) is 2. The Hall–Kier alpha value is -1.45. The Morgan fingerprint density at radius 3 is 2.32 bits per heavy atom. The highest BCUT2D eigenvalue weighted by Gasteiger charge is 2.20. The minimum absolute atomic E-state index is 0.423. The van der Waals surface area contributed by atoms with Crippen molar-refractivity contribution in [1.82, 2.24) is 4.98 Å². The van der Waals surface area contributed by atoms with Gasteiger partial charge in [0, 0.05) is 49.7 Å². The second-order valence-corrected chi connectivity index (χ2v) is 6.12. The van der Waals surface area contributed by atoms with E-state index in [-0.39, 0.29) is 0 Å². The molecule has 0 aliphatic rings. The number of rotatable bonds is 3. The summed E-state index contributed by atoms with van der Waals surface area (Å²) in [7, 11) is 0. The van der Waals surface area contributed by atoms with Crippen LogP contribution in [0.3, 0.4) is 0 Å². The van der Waals surface area contributed by atoms with E-state index in [0.29, 0.717) is 26.2 Å². The van der Waals surface area contributed by atoms with Crippen molar-refractivity contribution in [3.63, 3.8) is 0 Å². The molecule has 22 heavy (non-hydrogen) atoms. The molecule has 0 spiro atoms. The number of aromatic amines is 1. The summed E-state index contributed by atoms with van der Waals surface area (Å²) in [4.78, 5) is 3.02. The molecular formula is C17H12Cl3NO. The van der Waals surface area contributed by atoms with Crippen LogP contribution in [0.1, 0.15) is 17.2 Å². The van der Waals surface area contributed by atoms with Crippen LogP contribution >= 0.6 is 34.8 Å². The van der Waals surface area contributed by atoms with Crippen LogP contribution in [-0.2, 0) is 0 Å². The zero-order chi connectivity index (χ0) is 15.7. The molecule has 0 unspecified atom stereocenters. The topological polar surface area (TPSA) is 36.0 Å². The van der Waals surface area contributed by atoms with Crippen LogP contribution in [0.5, 0.6) is 0 Å². The van der Waals surface area contributed by atoms with E-state index in [1.54, 1.807) is 24.4 Å². The normalized spacial score (nSPS) is 12.4. The van der Waals surface area contributed by atoms with Crippen LogP contribution in [0.4, 0.5) is 0 Å². The highest BCUT2D eigenvalue weighted by molar-refractivity contribution is 6.35. The largest absolute Gasteiger partial charge is 0.384 e. The molecule has 1 aromatic heterocycles. The van der Waals surface area contributed by atoms with E-state index in [1.165, 1.54) is 0 Å². The summed E-state index contributed by atoms with van der Waals surface area (Å²) in [5.41, 5.74) is 2.99. The van der Waals surface area contributed by atoms with Gasteiger partial charge in [-0.2, -0.15) is 0 Å². The van der Waals surface area contributed by atoms with Crippen molar-refractivity contribution in [2.24, 2.45) is 0 Å². The number of nitrogens with one attached hydrogen (secondary N) is 1. The minimum Gasteiger partial charge on any atom is -0.384 e. The maximum absolute atomic E-state index is 10.7. The molecule has 2 aromatic carbocycles. The van der Waals surface area contributed by atoms with Gasteiger partial charge in [0.25, 0.3) is 0 Å². The monoisotopic (exact) mass is 351 g/mol. The number of halogens is 3. The predicted molar refractivity (Wildman–Crippen MR) is 91.8 cm³/mol. The molecular weight excluding hydrogens is 341 g/mol. The fraction of sp³-hybridized carbons (Fsp3) is 0.0588. The quantitative estimate of drug-likeness (QED) is 0.621. The first kappa shape index (κ1) is 15.4. The molecule has 0 bridgehead atoms. The van der Waals surface area contributed by atoms with Crippen molar-refractivity contribution < 1.29 is 5.11 Å². The first-order chi connectivity index (χ1) is 10.6. The number of H-pyrrole nitrogens is 1. The van der Waals surface area contributed by atoms with Crippen LogP contribution in [-0.4, -0.2) is 10.1 Å². The van der Waals surface area contributed by atoms with Gasteiger partial charge >= 0.3 is 0 Å².